The number of hydrogen-bond acceptors (Lipinski definition) is 3. The summed E-state index contributed by atoms with van der Waals surface area (Å²) in [5, 5.41) is 11.8. The van der Waals surface area contributed by atoms with E-state index in [0.29, 0.717) is 32.2 Å². The standard InChI is InChI=1S/C13H19N3O3/c17-12(15-6-5-11-7-14-8-16-11)9-1-3-10(4-2-9)13(18)19/h7-10H,1-6H2,(H,14,16)(H,15,17)(H,18,19). The van der Waals surface area contributed by atoms with Gasteiger partial charge < -0.3 is 15.4 Å². The lowest BCUT2D eigenvalue weighted by Crippen LogP contribution is -2.35. The van der Waals surface area contributed by atoms with Crippen LogP contribution in [0.25, 0.3) is 0 Å². The summed E-state index contributed by atoms with van der Waals surface area (Å²) in [6.07, 6.45) is 6.65. The third kappa shape index (κ3) is 3.81. The van der Waals surface area contributed by atoms with Gasteiger partial charge in [-0.3, -0.25) is 9.59 Å². The second-order valence-corrected chi connectivity index (χ2v) is 5.00. The highest BCUT2D eigenvalue weighted by Crippen LogP contribution is 2.28. The number of carbonyl (C=O) groups is 2. The average molecular weight is 265 g/mol. The maximum Gasteiger partial charge on any atom is 0.306 e. The maximum atomic E-state index is 11.9. The van der Waals surface area contributed by atoms with E-state index in [9.17, 15) is 9.59 Å². The summed E-state index contributed by atoms with van der Waals surface area (Å²) in [4.78, 5) is 29.6. The molecule has 19 heavy (non-hydrogen) atoms. The predicted molar refractivity (Wildman–Crippen MR) is 68.4 cm³/mol. The number of hydrogen-bond donors (Lipinski definition) is 3. The quantitative estimate of drug-likeness (QED) is 0.739. The molecule has 0 aromatic carbocycles. The van der Waals surface area contributed by atoms with Gasteiger partial charge in [-0.15, -0.1) is 0 Å². The molecule has 1 aliphatic rings. The van der Waals surface area contributed by atoms with Crippen LogP contribution in [0.3, 0.4) is 0 Å². The molecule has 1 aromatic heterocycles. The van der Waals surface area contributed by atoms with E-state index in [1.165, 1.54) is 0 Å². The van der Waals surface area contributed by atoms with Crippen molar-refractivity contribution in [1.29, 1.82) is 0 Å². The van der Waals surface area contributed by atoms with Gasteiger partial charge in [-0.05, 0) is 25.7 Å². The summed E-state index contributed by atoms with van der Waals surface area (Å²) in [6.45, 7) is 0.583. The number of imidazole rings is 1. The second kappa shape index (κ2) is 6.36. The first kappa shape index (κ1) is 13.6. The Kier molecular flexibility index (Phi) is 4.54. The number of carbonyl (C=O) groups excluding carboxylic acids is 1. The average Bonchev–Trinajstić information content (AvgIpc) is 2.92. The van der Waals surface area contributed by atoms with Gasteiger partial charge in [0.1, 0.15) is 0 Å². The fourth-order valence-corrected chi connectivity index (χ4v) is 2.49. The zero-order chi connectivity index (χ0) is 13.7. The SMILES string of the molecule is O=C(O)C1CCC(C(=O)NCCc2cnc[nH]2)CC1. The Labute approximate surface area is 111 Å². The number of aromatic nitrogens is 2. The van der Waals surface area contributed by atoms with Crippen molar-refractivity contribution in [2.75, 3.05) is 6.54 Å². The molecule has 0 unspecified atom stereocenters. The Morgan fingerprint density at radius 2 is 2.00 bits per heavy atom. The Hall–Kier alpha value is -1.85. The summed E-state index contributed by atoms with van der Waals surface area (Å²) in [5.41, 5.74) is 0.995. The van der Waals surface area contributed by atoms with Gasteiger partial charge in [0.05, 0.1) is 12.2 Å². The number of aliphatic carboxylic acids is 1. The number of carboxylic acids is 1. The van der Waals surface area contributed by atoms with E-state index in [-0.39, 0.29) is 17.7 Å². The van der Waals surface area contributed by atoms with Crippen LogP contribution in [0.5, 0.6) is 0 Å². The monoisotopic (exact) mass is 265 g/mol. The Morgan fingerprint density at radius 3 is 2.58 bits per heavy atom. The first-order valence-electron chi connectivity index (χ1n) is 6.64. The predicted octanol–water partition coefficient (Wildman–Crippen LogP) is 0.959. The molecule has 1 aromatic rings. The zero-order valence-electron chi connectivity index (χ0n) is 10.8. The van der Waals surface area contributed by atoms with Crippen molar-refractivity contribution >= 4 is 11.9 Å². The Morgan fingerprint density at radius 1 is 1.32 bits per heavy atom. The van der Waals surface area contributed by atoms with Gasteiger partial charge >= 0.3 is 5.97 Å². The molecule has 1 amide bonds. The number of H-pyrrole nitrogens is 1. The lowest BCUT2D eigenvalue weighted by molar-refractivity contribution is -0.144. The van der Waals surface area contributed by atoms with Gasteiger partial charge in [-0.1, -0.05) is 0 Å². The fourth-order valence-electron chi connectivity index (χ4n) is 2.49. The minimum absolute atomic E-state index is 0.0302. The smallest absolute Gasteiger partial charge is 0.306 e. The molecular weight excluding hydrogens is 246 g/mol. The van der Waals surface area contributed by atoms with Gasteiger partial charge in [0, 0.05) is 30.8 Å². The highest BCUT2D eigenvalue weighted by atomic mass is 16.4. The number of carboxylic acid groups (broad SMARTS) is 1. The lowest BCUT2D eigenvalue weighted by Gasteiger charge is -2.25. The molecule has 0 radical (unpaired) electrons. The normalized spacial score (nSPS) is 22.9. The fraction of sp³-hybridized carbons (Fsp3) is 0.615. The van der Waals surface area contributed by atoms with Crippen LogP contribution in [-0.4, -0.2) is 33.5 Å². The van der Waals surface area contributed by atoms with Crippen molar-refractivity contribution in [3.05, 3.63) is 18.2 Å². The molecule has 0 aliphatic heterocycles. The number of nitrogens with one attached hydrogen (secondary N) is 2. The second-order valence-electron chi connectivity index (χ2n) is 5.00. The van der Waals surface area contributed by atoms with E-state index in [1.807, 2.05) is 0 Å². The third-order valence-corrected chi connectivity index (χ3v) is 3.70. The van der Waals surface area contributed by atoms with Crippen LogP contribution in [0, 0.1) is 11.8 Å². The lowest BCUT2D eigenvalue weighted by atomic mass is 9.81. The molecule has 1 fully saturated rings. The van der Waals surface area contributed by atoms with E-state index < -0.39 is 5.97 Å². The van der Waals surface area contributed by atoms with Crippen molar-refractivity contribution in [1.82, 2.24) is 15.3 Å². The molecule has 2 rings (SSSR count). The van der Waals surface area contributed by atoms with Crippen LogP contribution in [0.2, 0.25) is 0 Å². The Bertz CT molecular complexity index is 422. The molecule has 6 nitrogen and oxygen atoms in total. The van der Waals surface area contributed by atoms with Gasteiger partial charge in [-0.25, -0.2) is 4.98 Å². The van der Waals surface area contributed by atoms with Crippen LogP contribution >= 0.6 is 0 Å². The van der Waals surface area contributed by atoms with Gasteiger partial charge in [0.2, 0.25) is 5.91 Å². The minimum atomic E-state index is -0.738. The molecular formula is C13H19N3O3. The molecule has 0 atom stereocenters. The maximum absolute atomic E-state index is 11.9. The van der Waals surface area contributed by atoms with Crippen LogP contribution in [0.4, 0.5) is 0 Å². The largest absolute Gasteiger partial charge is 0.481 e. The van der Waals surface area contributed by atoms with Crippen LogP contribution < -0.4 is 5.32 Å². The van der Waals surface area contributed by atoms with Gasteiger partial charge in [0.15, 0.2) is 0 Å². The van der Waals surface area contributed by atoms with E-state index in [2.05, 4.69) is 15.3 Å². The summed E-state index contributed by atoms with van der Waals surface area (Å²) in [7, 11) is 0. The topological polar surface area (TPSA) is 95.1 Å². The summed E-state index contributed by atoms with van der Waals surface area (Å²) in [6, 6.07) is 0. The zero-order valence-corrected chi connectivity index (χ0v) is 10.8. The van der Waals surface area contributed by atoms with Crippen molar-refractivity contribution in [2.24, 2.45) is 11.8 Å². The summed E-state index contributed by atoms with van der Waals surface area (Å²) < 4.78 is 0. The van der Waals surface area contributed by atoms with E-state index in [4.69, 9.17) is 5.11 Å². The number of aromatic amines is 1. The highest BCUT2D eigenvalue weighted by Gasteiger charge is 2.29. The van der Waals surface area contributed by atoms with Crippen molar-refractivity contribution in [2.45, 2.75) is 32.1 Å². The summed E-state index contributed by atoms with van der Waals surface area (Å²) in [5.74, 6) is -0.993. The van der Waals surface area contributed by atoms with Crippen molar-refractivity contribution in [3.63, 3.8) is 0 Å². The minimum Gasteiger partial charge on any atom is -0.481 e. The molecule has 1 heterocycles. The van der Waals surface area contributed by atoms with Gasteiger partial charge in [-0.2, -0.15) is 0 Å². The Balaban J connectivity index is 1.68. The highest BCUT2D eigenvalue weighted by molar-refractivity contribution is 5.79. The van der Waals surface area contributed by atoms with E-state index >= 15 is 0 Å². The van der Waals surface area contributed by atoms with Crippen LogP contribution in [0.1, 0.15) is 31.4 Å². The molecule has 1 aliphatic carbocycles. The summed E-state index contributed by atoms with van der Waals surface area (Å²) >= 11 is 0. The molecule has 0 bridgehead atoms. The third-order valence-electron chi connectivity index (χ3n) is 3.70. The first-order chi connectivity index (χ1) is 9.16. The van der Waals surface area contributed by atoms with Gasteiger partial charge in [0.25, 0.3) is 0 Å². The number of amides is 1. The first-order valence-corrected chi connectivity index (χ1v) is 6.64. The molecule has 3 N–H and O–H groups in total. The van der Waals surface area contributed by atoms with Crippen molar-refractivity contribution < 1.29 is 14.7 Å². The number of nitrogens with zero attached hydrogens (tertiary/aromatic N) is 1. The molecule has 0 spiro atoms. The molecule has 1 saturated carbocycles. The van der Waals surface area contributed by atoms with Crippen LogP contribution in [-0.2, 0) is 16.0 Å². The number of rotatable bonds is 5. The molecule has 0 saturated heterocycles. The molecule has 104 valence electrons. The van der Waals surface area contributed by atoms with Crippen molar-refractivity contribution in [3.8, 4) is 0 Å². The molecule has 6 heteroatoms. The van der Waals surface area contributed by atoms with E-state index in [0.717, 1.165) is 12.1 Å². The van der Waals surface area contributed by atoms with E-state index in [1.54, 1.807) is 12.5 Å². The van der Waals surface area contributed by atoms with Crippen LogP contribution in [0.15, 0.2) is 12.5 Å².